The lowest BCUT2D eigenvalue weighted by Gasteiger charge is -2.36. The predicted octanol–water partition coefficient (Wildman–Crippen LogP) is 7.32. The highest BCUT2D eigenvalue weighted by Crippen LogP contribution is 2.29. The number of amides is 1. The van der Waals surface area contributed by atoms with Crippen molar-refractivity contribution >= 4 is 17.2 Å². The van der Waals surface area contributed by atoms with E-state index in [4.69, 9.17) is 0 Å². The van der Waals surface area contributed by atoms with Crippen LogP contribution in [0.3, 0.4) is 0 Å². The van der Waals surface area contributed by atoms with E-state index in [1.807, 2.05) is 5.51 Å². The van der Waals surface area contributed by atoms with Gasteiger partial charge < -0.3 is 20.9 Å². The standard InChI is InChI=1S/C35H53N5OS/c1-25(39-30-14-9-10-15-30)13-8-7-11-21-36-33(35(4,5)6)34(41)40-22-12-16-31(40)26(2)37-23-28-17-19-29(20-18-28)32-27(3)38-24-42-32/h17-20,24,30-31,33,36-37,39H,1-2,7-16,21-23H2,3-6H3. The number of nitrogens with one attached hydrogen (secondary N) is 3. The minimum atomic E-state index is -0.215. The molecule has 7 heteroatoms. The molecule has 2 unspecified atom stereocenters. The summed E-state index contributed by atoms with van der Waals surface area (Å²) in [4.78, 5) is 21.6. The average molecular weight is 592 g/mol. The van der Waals surface area contributed by atoms with Crippen LogP contribution >= 0.6 is 11.3 Å². The fraction of sp³-hybridized carbons (Fsp3) is 0.600. The number of unbranched alkanes of at least 4 members (excludes halogenated alkanes) is 2. The maximum Gasteiger partial charge on any atom is 0.240 e. The van der Waals surface area contributed by atoms with Gasteiger partial charge in [0.2, 0.25) is 5.91 Å². The van der Waals surface area contributed by atoms with Gasteiger partial charge in [-0.3, -0.25) is 4.79 Å². The highest BCUT2D eigenvalue weighted by Gasteiger charge is 2.39. The molecule has 2 fully saturated rings. The van der Waals surface area contributed by atoms with Crippen molar-refractivity contribution < 1.29 is 4.79 Å². The number of hydrogen-bond acceptors (Lipinski definition) is 6. The minimum absolute atomic E-state index is 0.0293. The number of nitrogens with zero attached hydrogens (tertiary/aromatic N) is 2. The summed E-state index contributed by atoms with van der Waals surface area (Å²) in [6.07, 6.45) is 11.6. The van der Waals surface area contributed by atoms with Gasteiger partial charge in [-0.15, -0.1) is 11.3 Å². The molecule has 1 saturated heterocycles. The number of thiazole rings is 1. The quantitative estimate of drug-likeness (QED) is 0.189. The van der Waals surface area contributed by atoms with E-state index in [1.165, 1.54) is 47.4 Å². The van der Waals surface area contributed by atoms with Gasteiger partial charge in [-0.05, 0) is 75.0 Å². The summed E-state index contributed by atoms with van der Waals surface area (Å²) in [5.74, 6) is 0.200. The molecule has 0 radical (unpaired) electrons. The molecule has 3 N–H and O–H groups in total. The number of likely N-dealkylation sites (tertiary alicyclic amines) is 1. The molecule has 2 aromatic rings. The zero-order chi connectivity index (χ0) is 30.1. The van der Waals surface area contributed by atoms with Crippen LogP contribution in [-0.2, 0) is 11.3 Å². The van der Waals surface area contributed by atoms with Crippen molar-refractivity contribution in [2.75, 3.05) is 13.1 Å². The summed E-state index contributed by atoms with van der Waals surface area (Å²) in [5, 5.41) is 10.8. The monoisotopic (exact) mass is 591 g/mol. The van der Waals surface area contributed by atoms with Crippen LogP contribution in [0.4, 0.5) is 0 Å². The van der Waals surface area contributed by atoms with Crippen molar-refractivity contribution in [3.05, 3.63) is 65.6 Å². The number of aromatic nitrogens is 1. The Balaban J connectivity index is 1.22. The van der Waals surface area contributed by atoms with Crippen molar-refractivity contribution in [2.45, 2.75) is 117 Å². The van der Waals surface area contributed by atoms with E-state index in [1.54, 1.807) is 11.3 Å². The molecule has 1 aliphatic heterocycles. The van der Waals surface area contributed by atoms with Crippen molar-refractivity contribution in [3.8, 4) is 10.4 Å². The Kier molecular flexibility index (Phi) is 11.7. The highest BCUT2D eigenvalue weighted by atomic mass is 32.1. The Morgan fingerprint density at radius 1 is 1.07 bits per heavy atom. The molecule has 2 atom stereocenters. The molecule has 2 aliphatic rings. The molecular formula is C35H53N5OS. The predicted molar refractivity (Wildman–Crippen MR) is 177 cm³/mol. The number of allylic oxidation sites excluding steroid dienone is 1. The summed E-state index contributed by atoms with van der Waals surface area (Å²) in [6.45, 7) is 19.5. The Morgan fingerprint density at radius 2 is 1.81 bits per heavy atom. The molecule has 1 amide bonds. The second-order valence-electron chi connectivity index (χ2n) is 13.3. The third-order valence-electron chi connectivity index (χ3n) is 8.80. The van der Waals surface area contributed by atoms with Gasteiger partial charge >= 0.3 is 0 Å². The van der Waals surface area contributed by atoms with E-state index in [0.29, 0.717) is 12.6 Å². The number of carbonyl (C=O) groups excluding carboxylic acids is 1. The Labute approximate surface area is 258 Å². The maximum absolute atomic E-state index is 13.9. The third kappa shape index (κ3) is 8.93. The van der Waals surface area contributed by atoms with Crippen LogP contribution in [0, 0.1) is 12.3 Å². The smallest absolute Gasteiger partial charge is 0.240 e. The van der Waals surface area contributed by atoms with Crippen LogP contribution in [0.15, 0.2) is 54.3 Å². The van der Waals surface area contributed by atoms with Crippen molar-refractivity contribution in [1.82, 2.24) is 25.8 Å². The average Bonchev–Trinajstić information content (AvgIpc) is 3.73. The molecule has 230 valence electrons. The van der Waals surface area contributed by atoms with Crippen LogP contribution < -0.4 is 16.0 Å². The normalized spacial score (nSPS) is 18.3. The number of aryl methyl sites for hydroxylation is 1. The fourth-order valence-electron chi connectivity index (χ4n) is 6.33. The van der Waals surface area contributed by atoms with Gasteiger partial charge in [0.25, 0.3) is 0 Å². The lowest BCUT2D eigenvalue weighted by atomic mass is 9.85. The van der Waals surface area contributed by atoms with Gasteiger partial charge in [0.1, 0.15) is 0 Å². The van der Waals surface area contributed by atoms with E-state index < -0.39 is 0 Å². The molecule has 4 rings (SSSR count). The zero-order valence-electron chi connectivity index (χ0n) is 26.4. The zero-order valence-corrected chi connectivity index (χ0v) is 27.3. The largest absolute Gasteiger partial charge is 0.386 e. The van der Waals surface area contributed by atoms with Crippen molar-refractivity contribution in [3.63, 3.8) is 0 Å². The van der Waals surface area contributed by atoms with E-state index in [9.17, 15) is 4.79 Å². The molecule has 1 saturated carbocycles. The summed E-state index contributed by atoms with van der Waals surface area (Å²) < 4.78 is 0. The third-order valence-corrected chi connectivity index (χ3v) is 9.78. The van der Waals surface area contributed by atoms with Crippen molar-refractivity contribution in [1.29, 1.82) is 0 Å². The first kappa shape index (κ1) is 32.3. The van der Waals surface area contributed by atoms with Crippen LogP contribution in [0.1, 0.15) is 96.2 Å². The summed E-state index contributed by atoms with van der Waals surface area (Å²) in [6, 6.07) is 9.10. The topological polar surface area (TPSA) is 69.3 Å². The maximum atomic E-state index is 13.9. The van der Waals surface area contributed by atoms with Gasteiger partial charge in [0.05, 0.1) is 28.2 Å². The first-order valence-corrected chi connectivity index (χ1v) is 16.9. The van der Waals surface area contributed by atoms with Crippen LogP contribution in [0.5, 0.6) is 0 Å². The van der Waals surface area contributed by atoms with Crippen LogP contribution in [0.25, 0.3) is 10.4 Å². The number of benzene rings is 1. The Hall–Kier alpha value is -2.64. The molecule has 0 bridgehead atoms. The molecule has 1 aromatic carbocycles. The van der Waals surface area contributed by atoms with Gasteiger partial charge in [-0.1, -0.05) is 77.5 Å². The second-order valence-corrected chi connectivity index (χ2v) is 14.2. The summed E-state index contributed by atoms with van der Waals surface area (Å²) in [7, 11) is 0. The Morgan fingerprint density at radius 3 is 2.48 bits per heavy atom. The van der Waals surface area contributed by atoms with Gasteiger partial charge in [0.15, 0.2) is 0 Å². The van der Waals surface area contributed by atoms with E-state index >= 15 is 0 Å². The molecule has 1 aliphatic carbocycles. The van der Waals surface area contributed by atoms with Crippen LogP contribution in [0.2, 0.25) is 0 Å². The lowest BCUT2D eigenvalue weighted by Crippen LogP contribution is -2.55. The number of rotatable bonds is 15. The minimum Gasteiger partial charge on any atom is -0.386 e. The molecule has 6 nitrogen and oxygen atoms in total. The molecule has 2 heterocycles. The Bertz CT molecular complexity index is 1170. The fourth-order valence-corrected chi connectivity index (χ4v) is 7.14. The van der Waals surface area contributed by atoms with Gasteiger partial charge in [-0.2, -0.15) is 0 Å². The first-order valence-electron chi connectivity index (χ1n) is 16.0. The van der Waals surface area contributed by atoms with E-state index in [-0.39, 0.29) is 23.4 Å². The SMILES string of the molecule is C=C(CCCCCNC(C(=O)N1CCCC1C(=C)NCc1ccc(-c2scnc2C)cc1)C(C)(C)C)NC1CCCC1. The number of carbonyl (C=O) groups is 1. The van der Waals surface area contributed by atoms with Crippen LogP contribution in [-0.4, -0.2) is 47.0 Å². The highest BCUT2D eigenvalue weighted by molar-refractivity contribution is 7.13. The van der Waals surface area contributed by atoms with E-state index in [0.717, 1.165) is 63.0 Å². The summed E-state index contributed by atoms with van der Waals surface area (Å²) >= 11 is 1.68. The molecule has 0 spiro atoms. The lowest BCUT2D eigenvalue weighted by molar-refractivity contribution is -0.136. The van der Waals surface area contributed by atoms with Crippen molar-refractivity contribution in [2.24, 2.45) is 5.41 Å². The van der Waals surface area contributed by atoms with Gasteiger partial charge in [0, 0.05) is 30.5 Å². The summed E-state index contributed by atoms with van der Waals surface area (Å²) in [5.41, 5.74) is 7.32. The van der Waals surface area contributed by atoms with Gasteiger partial charge in [-0.25, -0.2) is 4.98 Å². The number of hydrogen-bond donors (Lipinski definition) is 3. The van der Waals surface area contributed by atoms with E-state index in [2.05, 4.69) is 91.0 Å². The molecule has 42 heavy (non-hydrogen) atoms. The second kappa shape index (κ2) is 15.2. The molecule has 1 aromatic heterocycles. The first-order chi connectivity index (χ1) is 20.1. The molecular weight excluding hydrogens is 538 g/mol.